The summed E-state index contributed by atoms with van der Waals surface area (Å²) in [4.78, 5) is 12.1. The van der Waals surface area contributed by atoms with E-state index in [9.17, 15) is 0 Å². The molecule has 4 saturated heterocycles. The summed E-state index contributed by atoms with van der Waals surface area (Å²) in [6.45, 7) is 10.6. The molecular formula is C31H39N3O5S. The summed E-state index contributed by atoms with van der Waals surface area (Å²) in [6.07, 6.45) is 4.75. The van der Waals surface area contributed by atoms with Crippen molar-refractivity contribution in [3.63, 3.8) is 0 Å². The maximum absolute atomic E-state index is 6.54. The summed E-state index contributed by atoms with van der Waals surface area (Å²) in [5.74, 6) is 1.12. The minimum Gasteiger partial charge on any atom is -0.465 e. The van der Waals surface area contributed by atoms with Crippen LogP contribution in [0.4, 0.5) is 5.69 Å². The van der Waals surface area contributed by atoms with E-state index in [1.807, 2.05) is 43.3 Å². The normalized spacial score (nSPS) is 36.5. The van der Waals surface area contributed by atoms with Gasteiger partial charge in [-0.25, -0.2) is 9.78 Å². The fourth-order valence-electron chi connectivity index (χ4n) is 6.98. The van der Waals surface area contributed by atoms with Gasteiger partial charge in [0, 0.05) is 23.9 Å². The SMILES string of the molecule is Cc1cccc(NC(=S)N/N=C/c2ccc(O[C@H]3OC4O[C@]5(C)CC[C@H]6[C@H](C)CC[C@@H]([C@H]3C)[C@@]46OO5)cc2)c1C. The zero-order chi connectivity index (χ0) is 28.1. The maximum Gasteiger partial charge on any atom is 0.205 e. The summed E-state index contributed by atoms with van der Waals surface area (Å²) in [7, 11) is 0. The van der Waals surface area contributed by atoms with E-state index >= 15 is 0 Å². The number of hydrogen-bond donors (Lipinski definition) is 2. The van der Waals surface area contributed by atoms with Gasteiger partial charge in [-0.05, 0) is 111 Å². The Kier molecular flexibility index (Phi) is 7.37. The third-order valence-corrected chi connectivity index (χ3v) is 9.66. The highest BCUT2D eigenvalue weighted by Crippen LogP contribution is 2.60. The third kappa shape index (κ3) is 4.92. The Hall–Kier alpha value is -2.56. The molecule has 40 heavy (non-hydrogen) atoms. The zero-order valence-corrected chi connectivity index (χ0v) is 24.6. The standard InChI is InChI=1S/C31H39N3O5S/c1-18-7-6-8-26(20(18)3)33-29(40)34-32-17-22-10-12-23(13-11-22)35-27-21(4)25-14-9-19(2)24-15-16-30(5)37-28(36-27)31(24,25)39-38-30/h6-8,10-13,17,19,21,24-25,27-28H,9,14-16H2,1-5H3,(H2,33,34,40)/b32-17+/t19-,21-,24+,25+,27+,28?,30+,31-/m1/s1. The van der Waals surface area contributed by atoms with Gasteiger partial charge in [0.25, 0.3) is 0 Å². The van der Waals surface area contributed by atoms with Crippen molar-refractivity contribution in [1.29, 1.82) is 0 Å². The number of anilines is 1. The highest BCUT2D eigenvalue weighted by molar-refractivity contribution is 7.80. The number of hydrogen-bond acceptors (Lipinski definition) is 7. The van der Waals surface area contributed by atoms with Crippen molar-refractivity contribution in [3.05, 3.63) is 59.2 Å². The molecule has 0 aromatic heterocycles. The number of aryl methyl sites for hydroxylation is 1. The van der Waals surface area contributed by atoms with Gasteiger partial charge in [0.2, 0.25) is 12.1 Å². The van der Waals surface area contributed by atoms with E-state index in [1.165, 1.54) is 5.56 Å². The van der Waals surface area contributed by atoms with Crippen molar-refractivity contribution < 1.29 is 24.0 Å². The topological polar surface area (TPSA) is 82.6 Å². The van der Waals surface area contributed by atoms with E-state index < -0.39 is 24.0 Å². The molecule has 2 bridgehead atoms. The zero-order valence-electron chi connectivity index (χ0n) is 23.8. The molecule has 9 heteroatoms. The van der Waals surface area contributed by atoms with Gasteiger partial charge in [-0.1, -0.05) is 26.0 Å². The van der Waals surface area contributed by atoms with Crippen LogP contribution in [0.3, 0.4) is 0 Å². The second-order valence-electron chi connectivity index (χ2n) is 12.0. The molecule has 4 aliphatic heterocycles. The van der Waals surface area contributed by atoms with Crippen molar-refractivity contribution in [3.8, 4) is 5.75 Å². The number of benzene rings is 2. The fraction of sp³-hybridized carbons (Fsp3) is 0.548. The van der Waals surface area contributed by atoms with Crippen LogP contribution in [-0.4, -0.2) is 35.3 Å². The predicted molar refractivity (Wildman–Crippen MR) is 157 cm³/mol. The highest BCUT2D eigenvalue weighted by Gasteiger charge is 2.69. The number of fused-ring (bicyclic) bond motifs is 2. The van der Waals surface area contributed by atoms with Gasteiger partial charge in [-0.3, -0.25) is 5.43 Å². The molecule has 2 N–H and O–H groups in total. The summed E-state index contributed by atoms with van der Waals surface area (Å²) < 4.78 is 19.4. The van der Waals surface area contributed by atoms with Crippen LogP contribution in [0.2, 0.25) is 0 Å². The molecule has 8 atom stereocenters. The highest BCUT2D eigenvalue weighted by atomic mass is 32.1. The first-order chi connectivity index (χ1) is 19.2. The van der Waals surface area contributed by atoms with E-state index in [0.29, 0.717) is 16.9 Å². The van der Waals surface area contributed by atoms with Gasteiger partial charge in [-0.2, -0.15) is 5.10 Å². The number of nitrogens with zero attached hydrogens (tertiary/aromatic N) is 1. The van der Waals surface area contributed by atoms with Crippen LogP contribution in [0.1, 0.15) is 63.1 Å². The number of rotatable bonds is 5. The Morgan fingerprint density at radius 2 is 1.85 bits per heavy atom. The molecule has 1 spiro atoms. The molecule has 5 aliphatic rings. The number of thiocarbonyl (C=S) groups is 1. The first kappa shape index (κ1) is 27.6. The van der Waals surface area contributed by atoms with Gasteiger partial charge in [0.15, 0.2) is 17.0 Å². The Morgan fingerprint density at radius 3 is 2.65 bits per heavy atom. The summed E-state index contributed by atoms with van der Waals surface area (Å²) in [5, 5.41) is 7.91. The predicted octanol–water partition coefficient (Wildman–Crippen LogP) is 6.21. The molecule has 214 valence electrons. The molecule has 1 unspecified atom stereocenters. The first-order valence-corrected chi connectivity index (χ1v) is 14.7. The van der Waals surface area contributed by atoms with E-state index in [1.54, 1.807) is 6.21 Å². The number of hydrazone groups is 1. The minimum absolute atomic E-state index is 0.108. The monoisotopic (exact) mass is 565 g/mol. The molecule has 2 aromatic rings. The van der Waals surface area contributed by atoms with Gasteiger partial charge in [-0.15, -0.1) is 0 Å². The molecule has 8 nitrogen and oxygen atoms in total. The van der Waals surface area contributed by atoms with Gasteiger partial charge < -0.3 is 19.5 Å². The van der Waals surface area contributed by atoms with Crippen LogP contribution in [0.5, 0.6) is 5.75 Å². The van der Waals surface area contributed by atoms with Crippen molar-refractivity contribution in [2.75, 3.05) is 5.32 Å². The lowest BCUT2D eigenvalue weighted by atomic mass is 9.58. The molecule has 5 fully saturated rings. The second-order valence-corrected chi connectivity index (χ2v) is 12.4. The summed E-state index contributed by atoms with van der Waals surface area (Å²) >= 11 is 5.39. The maximum atomic E-state index is 6.54. The molecule has 4 heterocycles. The molecule has 1 aliphatic carbocycles. The van der Waals surface area contributed by atoms with Crippen LogP contribution >= 0.6 is 12.2 Å². The van der Waals surface area contributed by atoms with Gasteiger partial charge in [0.1, 0.15) is 5.75 Å². The lowest BCUT2D eigenvalue weighted by Gasteiger charge is -2.60. The van der Waals surface area contributed by atoms with Crippen molar-refractivity contribution in [1.82, 2.24) is 5.43 Å². The van der Waals surface area contributed by atoms with Crippen LogP contribution in [-0.2, 0) is 19.2 Å². The lowest BCUT2D eigenvalue weighted by molar-refractivity contribution is -0.575. The van der Waals surface area contributed by atoms with Gasteiger partial charge >= 0.3 is 0 Å². The van der Waals surface area contributed by atoms with Crippen LogP contribution in [0.25, 0.3) is 0 Å². The van der Waals surface area contributed by atoms with E-state index in [2.05, 4.69) is 49.6 Å². The summed E-state index contributed by atoms with van der Waals surface area (Å²) in [6, 6.07) is 13.8. The van der Waals surface area contributed by atoms with Crippen molar-refractivity contribution in [2.45, 2.75) is 84.3 Å². The van der Waals surface area contributed by atoms with Crippen molar-refractivity contribution >= 4 is 29.2 Å². The van der Waals surface area contributed by atoms with E-state index in [-0.39, 0.29) is 11.8 Å². The summed E-state index contributed by atoms with van der Waals surface area (Å²) in [5.41, 5.74) is 6.54. The lowest BCUT2D eigenvalue weighted by Crippen LogP contribution is -2.70. The van der Waals surface area contributed by atoms with E-state index in [0.717, 1.165) is 48.2 Å². The van der Waals surface area contributed by atoms with Crippen molar-refractivity contribution in [2.24, 2.45) is 28.8 Å². The Labute approximate surface area is 241 Å². The average molecular weight is 566 g/mol. The quantitative estimate of drug-likeness (QED) is 0.192. The van der Waals surface area contributed by atoms with Gasteiger partial charge in [0.05, 0.1) is 6.21 Å². The van der Waals surface area contributed by atoms with Crippen LogP contribution < -0.4 is 15.5 Å². The Bertz CT molecular complexity index is 1290. The fourth-order valence-corrected chi connectivity index (χ4v) is 7.14. The van der Waals surface area contributed by atoms with E-state index in [4.69, 9.17) is 36.2 Å². The molecule has 7 rings (SSSR count). The minimum atomic E-state index is -0.797. The average Bonchev–Trinajstić information content (AvgIpc) is 3.16. The molecule has 2 aromatic carbocycles. The largest absolute Gasteiger partial charge is 0.465 e. The second kappa shape index (κ2) is 10.7. The third-order valence-electron chi connectivity index (χ3n) is 9.46. The molecule has 1 saturated carbocycles. The molecule has 0 radical (unpaired) electrons. The van der Waals surface area contributed by atoms with Crippen LogP contribution in [0.15, 0.2) is 47.6 Å². The number of nitrogens with one attached hydrogen (secondary N) is 2. The molecular weight excluding hydrogens is 526 g/mol. The van der Waals surface area contributed by atoms with Crippen LogP contribution in [0, 0.1) is 37.5 Å². The Balaban J connectivity index is 1.09. The first-order valence-electron chi connectivity index (χ1n) is 14.3. The Morgan fingerprint density at radius 1 is 1.05 bits per heavy atom. The molecule has 0 amide bonds. The number of ether oxygens (including phenoxy) is 3. The smallest absolute Gasteiger partial charge is 0.205 e.